The van der Waals surface area contributed by atoms with Crippen LogP contribution in [0.3, 0.4) is 0 Å². The van der Waals surface area contributed by atoms with E-state index in [1.807, 2.05) is 36.4 Å². The molecule has 0 unspecified atom stereocenters. The zero-order chi connectivity index (χ0) is 15.1. The van der Waals surface area contributed by atoms with E-state index < -0.39 is 5.79 Å². The summed E-state index contributed by atoms with van der Waals surface area (Å²) < 4.78 is 11.8. The van der Waals surface area contributed by atoms with Crippen LogP contribution >= 0.6 is 0 Å². The molecule has 2 N–H and O–H groups in total. The Hall–Kier alpha value is -1.72. The maximum Gasteiger partial charge on any atom is 0.196 e. The van der Waals surface area contributed by atoms with Crippen LogP contribution in [0.1, 0.15) is 17.5 Å². The molecule has 1 heterocycles. The zero-order valence-electron chi connectivity index (χ0n) is 12.6. The van der Waals surface area contributed by atoms with Crippen LogP contribution in [0.2, 0.25) is 0 Å². The summed E-state index contributed by atoms with van der Waals surface area (Å²) in [5.74, 6) is -0.608. The van der Waals surface area contributed by atoms with Gasteiger partial charge in [-0.25, -0.2) is 0 Å². The maximum atomic E-state index is 5.90. The smallest absolute Gasteiger partial charge is 0.196 e. The molecular weight excluding hydrogens is 276 g/mol. The van der Waals surface area contributed by atoms with Gasteiger partial charge in [0.1, 0.15) is 0 Å². The third-order valence-electron chi connectivity index (χ3n) is 3.81. The molecule has 4 heteroatoms. The summed E-state index contributed by atoms with van der Waals surface area (Å²) in [5, 5.41) is 0. The average molecular weight is 298 g/mol. The minimum atomic E-state index is -0.608. The molecule has 0 aromatic heterocycles. The highest BCUT2D eigenvalue weighted by molar-refractivity contribution is 5.21. The van der Waals surface area contributed by atoms with Gasteiger partial charge in [0.25, 0.3) is 0 Å². The van der Waals surface area contributed by atoms with Crippen LogP contribution in [-0.4, -0.2) is 19.8 Å². The molecule has 0 atom stereocenters. The van der Waals surface area contributed by atoms with Crippen molar-refractivity contribution in [2.24, 2.45) is 0 Å². The first-order valence-electron chi connectivity index (χ1n) is 7.72. The second-order valence-electron chi connectivity index (χ2n) is 5.33. The lowest BCUT2D eigenvalue weighted by Crippen LogP contribution is -2.37. The summed E-state index contributed by atoms with van der Waals surface area (Å²) in [5.41, 5.74) is 8.81. The summed E-state index contributed by atoms with van der Waals surface area (Å²) in [6, 6.07) is 20.5. The summed E-state index contributed by atoms with van der Waals surface area (Å²) in [7, 11) is 0. The Morgan fingerprint density at radius 3 is 2.14 bits per heavy atom. The van der Waals surface area contributed by atoms with Crippen LogP contribution in [0.15, 0.2) is 60.7 Å². The Morgan fingerprint density at radius 1 is 0.818 bits per heavy atom. The monoisotopic (exact) mass is 298 g/mol. The highest BCUT2D eigenvalue weighted by Gasteiger charge is 2.37. The molecule has 116 valence electrons. The molecule has 22 heavy (non-hydrogen) atoms. The molecule has 1 aliphatic heterocycles. The van der Waals surface area contributed by atoms with Gasteiger partial charge in [0, 0.05) is 25.1 Å². The minimum Gasteiger partial charge on any atom is -0.343 e. The first-order valence-corrected chi connectivity index (χ1v) is 7.72. The molecule has 1 aliphatic rings. The number of ether oxygens (including phenoxy) is 2. The molecule has 4 nitrogen and oxygen atoms in total. The van der Waals surface area contributed by atoms with Gasteiger partial charge in [-0.1, -0.05) is 60.7 Å². The van der Waals surface area contributed by atoms with Crippen molar-refractivity contribution < 1.29 is 9.47 Å². The van der Waals surface area contributed by atoms with Crippen molar-refractivity contribution in [3.8, 4) is 0 Å². The van der Waals surface area contributed by atoms with E-state index >= 15 is 0 Å². The van der Waals surface area contributed by atoms with Crippen LogP contribution in [0.4, 0.5) is 0 Å². The van der Waals surface area contributed by atoms with Crippen LogP contribution in [0.25, 0.3) is 0 Å². The van der Waals surface area contributed by atoms with Gasteiger partial charge in [0.2, 0.25) is 0 Å². The lowest BCUT2D eigenvalue weighted by atomic mass is 10.0. The molecule has 1 fully saturated rings. The number of hydrazine groups is 1. The minimum absolute atomic E-state index is 0.608. The van der Waals surface area contributed by atoms with Gasteiger partial charge in [-0.3, -0.25) is 10.9 Å². The van der Waals surface area contributed by atoms with Crippen molar-refractivity contribution in [2.75, 3.05) is 19.8 Å². The Kier molecular flexibility index (Phi) is 5.19. The Bertz CT molecular complexity index is 554. The topological polar surface area (TPSA) is 42.5 Å². The number of nitrogens with one attached hydrogen (secondary N) is 2. The van der Waals surface area contributed by atoms with E-state index in [-0.39, 0.29) is 0 Å². The van der Waals surface area contributed by atoms with Gasteiger partial charge >= 0.3 is 0 Å². The van der Waals surface area contributed by atoms with Crippen LogP contribution in [-0.2, 0) is 21.8 Å². The summed E-state index contributed by atoms with van der Waals surface area (Å²) in [6.45, 7) is 2.85. The third-order valence-corrected chi connectivity index (χ3v) is 3.81. The van der Waals surface area contributed by atoms with E-state index in [4.69, 9.17) is 9.47 Å². The Labute approximate surface area is 131 Å². The second-order valence-corrected chi connectivity index (χ2v) is 5.33. The van der Waals surface area contributed by atoms with Crippen molar-refractivity contribution in [1.82, 2.24) is 10.9 Å². The van der Waals surface area contributed by atoms with E-state index in [0.717, 1.165) is 25.1 Å². The Morgan fingerprint density at radius 2 is 1.45 bits per heavy atom. The standard InChI is InChI=1S/C18H22N2O2/c1-3-7-16(8-4-1)15-20-19-12-11-18(21-13-14-22-18)17-9-5-2-6-10-17/h1-10,19-20H,11-15H2. The fourth-order valence-electron chi connectivity index (χ4n) is 2.68. The second kappa shape index (κ2) is 7.51. The zero-order valence-corrected chi connectivity index (χ0v) is 12.6. The van der Waals surface area contributed by atoms with Crippen LogP contribution in [0, 0.1) is 0 Å². The van der Waals surface area contributed by atoms with Crippen molar-refractivity contribution in [2.45, 2.75) is 18.8 Å². The lowest BCUT2D eigenvalue weighted by molar-refractivity contribution is -0.170. The summed E-state index contributed by atoms with van der Waals surface area (Å²) in [4.78, 5) is 0. The first kappa shape index (κ1) is 15.2. The van der Waals surface area contributed by atoms with E-state index in [9.17, 15) is 0 Å². The average Bonchev–Trinajstić information content (AvgIpc) is 3.06. The van der Waals surface area contributed by atoms with E-state index in [1.54, 1.807) is 0 Å². The van der Waals surface area contributed by atoms with Crippen molar-refractivity contribution in [3.05, 3.63) is 71.8 Å². The third kappa shape index (κ3) is 3.72. The van der Waals surface area contributed by atoms with Crippen molar-refractivity contribution in [3.63, 3.8) is 0 Å². The van der Waals surface area contributed by atoms with Gasteiger partial charge in [0.05, 0.1) is 13.2 Å². The normalized spacial score (nSPS) is 16.7. The Balaban J connectivity index is 1.49. The number of benzene rings is 2. The lowest BCUT2D eigenvalue weighted by Gasteiger charge is -2.28. The highest BCUT2D eigenvalue weighted by Crippen LogP contribution is 2.34. The molecule has 0 bridgehead atoms. The largest absolute Gasteiger partial charge is 0.343 e. The van der Waals surface area contributed by atoms with Gasteiger partial charge < -0.3 is 9.47 Å². The summed E-state index contributed by atoms with van der Waals surface area (Å²) in [6.07, 6.45) is 0.763. The molecule has 2 aromatic carbocycles. The van der Waals surface area contributed by atoms with Crippen molar-refractivity contribution >= 4 is 0 Å². The predicted octanol–water partition coefficient (Wildman–Crippen LogP) is 2.57. The molecule has 1 saturated heterocycles. The predicted molar refractivity (Wildman–Crippen MR) is 85.9 cm³/mol. The molecule has 0 saturated carbocycles. The quantitative estimate of drug-likeness (QED) is 0.609. The molecule has 0 aliphatic carbocycles. The molecule has 3 rings (SSSR count). The van der Waals surface area contributed by atoms with Crippen molar-refractivity contribution in [1.29, 1.82) is 0 Å². The van der Waals surface area contributed by atoms with Crippen LogP contribution in [0.5, 0.6) is 0 Å². The molecule has 0 amide bonds. The fraction of sp³-hybridized carbons (Fsp3) is 0.333. The van der Waals surface area contributed by atoms with Gasteiger partial charge in [0.15, 0.2) is 5.79 Å². The SMILES string of the molecule is c1ccc(CNNCCC2(c3ccccc3)OCCO2)cc1. The van der Waals surface area contributed by atoms with Gasteiger partial charge in [-0.15, -0.1) is 0 Å². The van der Waals surface area contributed by atoms with Gasteiger partial charge in [-0.05, 0) is 5.56 Å². The molecule has 2 aromatic rings. The maximum absolute atomic E-state index is 5.90. The number of hydrogen-bond donors (Lipinski definition) is 2. The molecular formula is C18H22N2O2. The number of hydrogen-bond acceptors (Lipinski definition) is 4. The highest BCUT2D eigenvalue weighted by atomic mass is 16.7. The molecule has 0 radical (unpaired) electrons. The fourth-order valence-corrected chi connectivity index (χ4v) is 2.68. The van der Waals surface area contributed by atoms with E-state index in [2.05, 4.69) is 35.1 Å². The van der Waals surface area contributed by atoms with Gasteiger partial charge in [-0.2, -0.15) is 0 Å². The first-order chi connectivity index (χ1) is 10.9. The number of rotatable bonds is 7. The molecule has 0 spiro atoms. The van der Waals surface area contributed by atoms with Crippen LogP contribution < -0.4 is 10.9 Å². The summed E-state index contributed by atoms with van der Waals surface area (Å²) >= 11 is 0. The van der Waals surface area contributed by atoms with E-state index in [0.29, 0.717) is 13.2 Å². The van der Waals surface area contributed by atoms with E-state index in [1.165, 1.54) is 5.56 Å².